The highest BCUT2D eigenvalue weighted by Crippen LogP contribution is 2.43. The van der Waals surface area contributed by atoms with Gasteiger partial charge < -0.3 is 24.2 Å². The van der Waals surface area contributed by atoms with Crippen LogP contribution in [0.25, 0.3) is 5.76 Å². The van der Waals surface area contributed by atoms with Gasteiger partial charge in [-0.1, -0.05) is 29.8 Å². The van der Waals surface area contributed by atoms with Crippen LogP contribution < -0.4 is 9.47 Å². The number of benzene rings is 2. The van der Waals surface area contributed by atoms with E-state index in [9.17, 15) is 14.7 Å². The number of amides is 1. The molecule has 1 atom stereocenters. The van der Waals surface area contributed by atoms with E-state index in [-0.39, 0.29) is 29.0 Å². The summed E-state index contributed by atoms with van der Waals surface area (Å²) in [5.74, 6) is -0.821. The van der Waals surface area contributed by atoms with Gasteiger partial charge in [-0.15, -0.1) is 0 Å². The molecule has 2 aromatic rings. The van der Waals surface area contributed by atoms with Crippen LogP contribution in [0.4, 0.5) is 0 Å². The van der Waals surface area contributed by atoms with Crippen molar-refractivity contribution in [2.75, 3.05) is 27.4 Å². The van der Waals surface area contributed by atoms with Gasteiger partial charge in [-0.05, 0) is 44.5 Å². The Morgan fingerprint density at radius 2 is 1.79 bits per heavy atom. The molecule has 1 unspecified atom stereocenters. The number of para-hydroxylation sites is 1. The molecule has 0 spiro atoms. The highest BCUT2D eigenvalue weighted by atomic mass is 35.5. The predicted octanol–water partition coefficient (Wildman–Crippen LogP) is 4.59. The van der Waals surface area contributed by atoms with E-state index in [1.807, 2.05) is 13.8 Å². The third kappa shape index (κ3) is 5.15. The molecule has 0 radical (unpaired) electrons. The number of nitrogens with zero attached hydrogens (tertiary/aromatic N) is 1. The largest absolute Gasteiger partial charge is 0.507 e. The van der Waals surface area contributed by atoms with E-state index in [0.29, 0.717) is 35.7 Å². The van der Waals surface area contributed by atoms with Gasteiger partial charge in [0.2, 0.25) is 0 Å². The summed E-state index contributed by atoms with van der Waals surface area (Å²) >= 11 is 6.23. The molecule has 1 aliphatic heterocycles. The summed E-state index contributed by atoms with van der Waals surface area (Å²) in [6.45, 7) is 4.58. The second kappa shape index (κ2) is 10.7. The fourth-order valence-electron chi connectivity index (χ4n) is 3.85. The molecule has 0 bridgehead atoms. The highest BCUT2D eigenvalue weighted by Gasteiger charge is 2.46. The van der Waals surface area contributed by atoms with Crippen LogP contribution in [0.2, 0.25) is 5.02 Å². The Hall–Kier alpha value is -3.03. The summed E-state index contributed by atoms with van der Waals surface area (Å²) in [6.07, 6.45) is 0.593. The third-order valence-corrected chi connectivity index (χ3v) is 5.69. The number of likely N-dealkylation sites (tertiary alicyclic amines) is 1. The van der Waals surface area contributed by atoms with E-state index in [1.54, 1.807) is 36.4 Å². The summed E-state index contributed by atoms with van der Waals surface area (Å²) in [7, 11) is 3.00. The maximum atomic E-state index is 13.1. The number of aliphatic hydroxyl groups is 1. The van der Waals surface area contributed by atoms with Crippen LogP contribution in [-0.2, 0) is 14.3 Å². The van der Waals surface area contributed by atoms with Gasteiger partial charge in [-0.3, -0.25) is 9.59 Å². The monoisotopic (exact) mass is 473 g/mol. The number of hydrogen-bond acceptors (Lipinski definition) is 6. The summed E-state index contributed by atoms with van der Waals surface area (Å²) in [4.78, 5) is 27.6. The second-order valence-electron chi connectivity index (χ2n) is 7.86. The zero-order valence-corrected chi connectivity index (χ0v) is 19.9. The number of hydrogen-bond donors (Lipinski definition) is 1. The predicted molar refractivity (Wildman–Crippen MR) is 126 cm³/mol. The molecular formula is C25H28ClNO6. The maximum Gasteiger partial charge on any atom is 0.295 e. The molecule has 2 aromatic carbocycles. The number of carbonyl (C=O) groups is 2. The van der Waals surface area contributed by atoms with Crippen molar-refractivity contribution in [1.82, 2.24) is 4.90 Å². The van der Waals surface area contributed by atoms with Gasteiger partial charge in [0.15, 0.2) is 0 Å². The minimum atomic E-state index is -0.818. The van der Waals surface area contributed by atoms with Crippen molar-refractivity contribution >= 4 is 29.1 Å². The number of ketones is 1. The molecule has 3 rings (SSSR count). The van der Waals surface area contributed by atoms with E-state index in [0.717, 1.165) is 0 Å². The van der Waals surface area contributed by atoms with E-state index in [1.165, 1.54) is 25.2 Å². The number of ether oxygens (including phenoxy) is 3. The van der Waals surface area contributed by atoms with E-state index < -0.39 is 17.7 Å². The lowest BCUT2D eigenvalue weighted by Crippen LogP contribution is -2.31. The Kier molecular flexibility index (Phi) is 8.00. The molecule has 33 heavy (non-hydrogen) atoms. The number of aliphatic hydroxyl groups excluding tert-OH is 1. The lowest BCUT2D eigenvalue weighted by atomic mass is 9.94. The van der Waals surface area contributed by atoms with Crippen molar-refractivity contribution in [3.8, 4) is 11.5 Å². The van der Waals surface area contributed by atoms with Crippen LogP contribution in [0.5, 0.6) is 11.5 Å². The van der Waals surface area contributed by atoms with Crippen molar-refractivity contribution in [1.29, 1.82) is 0 Å². The van der Waals surface area contributed by atoms with Crippen molar-refractivity contribution in [2.24, 2.45) is 0 Å². The average molecular weight is 474 g/mol. The Morgan fingerprint density at radius 1 is 1.09 bits per heavy atom. The minimum Gasteiger partial charge on any atom is -0.507 e. The molecule has 0 saturated carbocycles. The van der Waals surface area contributed by atoms with Crippen LogP contribution in [0.3, 0.4) is 0 Å². The van der Waals surface area contributed by atoms with Crippen molar-refractivity contribution < 1.29 is 28.9 Å². The molecule has 1 N–H and O–H groups in total. The van der Waals surface area contributed by atoms with Crippen LogP contribution in [-0.4, -0.2) is 55.2 Å². The van der Waals surface area contributed by atoms with E-state index in [4.69, 9.17) is 25.8 Å². The summed E-state index contributed by atoms with van der Waals surface area (Å²) < 4.78 is 16.3. The zero-order chi connectivity index (χ0) is 24.1. The molecule has 0 aromatic heterocycles. The topological polar surface area (TPSA) is 85.3 Å². The average Bonchev–Trinajstić information content (AvgIpc) is 3.05. The van der Waals surface area contributed by atoms with Crippen molar-refractivity contribution in [3.63, 3.8) is 0 Å². The first-order valence-electron chi connectivity index (χ1n) is 10.7. The smallest absolute Gasteiger partial charge is 0.295 e. The van der Waals surface area contributed by atoms with Gasteiger partial charge in [0.1, 0.15) is 17.3 Å². The number of Topliss-reactive ketones (excluding diaryl/α,β-unsaturated/α-hetero) is 1. The molecule has 0 aliphatic carbocycles. The van der Waals surface area contributed by atoms with Crippen molar-refractivity contribution in [3.05, 3.63) is 64.2 Å². The number of halogens is 1. The number of methoxy groups -OCH3 is 2. The molecule has 1 fully saturated rings. The Morgan fingerprint density at radius 3 is 2.42 bits per heavy atom. The van der Waals surface area contributed by atoms with E-state index >= 15 is 0 Å². The number of rotatable bonds is 9. The molecule has 1 saturated heterocycles. The zero-order valence-electron chi connectivity index (χ0n) is 19.1. The highest BCUT2D eigenvalue weighted by molar-refractivity contribution is 6.46. The normalized spacial score (nSPS) is 17.6. The molecule has 8 heteroatoms. The Labute approximate surface area is 198 Å². The maximum absolute atomic E-state index is 13.1. The lowest BCUT2D eigenvalue weighted by molar-refractivity contribution is -0.140. The minimum absolute atomic E-state index is 0.0180. The fourth-order valence-corrected chi connectivity index (χ4v) is 4.11. The first kappa shape index (κ1) is 24.6. The van der Waals surface area contributed by atoms with Crippen LogP contribution in [0.1, 0.15) is 37.4 Å². The summed E-state index contributed by atoms with van der Waals surface area (Å²) in [6, 6.07) is 11.0. The van der Waals surface area contributed by atoms with Gasteiger partial charge in [0, 0.05) is 24.3 Å². The van der Waals surface area contributed by atoms with Gasteiger partial charge in [-0.2, -0.15) is 0 Å². The summed E-state index contributed by atoms with van der Waals surface area (Å²) in [5.41, 5.74) is 0.891. The van der Waals surface area contributed by atoms with Gasteiger partial charge in [-0.25, -0.2) is 0 Å². The van der Waals surface area contributed by atoms with Crippen LogP contribution >= 0.6 is 11.6 Å². The first-order chi connectivity index (χ1) is 15.8. The number of carbonyl (C=O) groups excluding carboxylic acids is 2. The SMILES string of the molecule is COc1ccc(/C(O)=C2\C(=O)C(=O)N(CCCOC(C)C)C2c2ccccc2OC)cc1Cl. The molecule has 1 aliphatic rings. The Balaban J connectivity index is 2.10. The fraction of sp³-hybridized carbons (Fsp3) is 0.360. The molecule has 1 heterocycles. The van der Waals surface area contributed by atoms with Gasteiger partial charge >= 0.3 is 0 Å². The van der Waals surface area contributed by atoms with Gasteiger partial charge in [0.25, 0.3) is 11.7 Å². The summed E-state index contributed by atoms with van der Waals surface area (Å²) in [5, 5.41) is 11.4. The van der Waals surface area contributed by atoms with Crippen LogP contribution in [0.15, 0.2) is 48.0 Å². The first-order valence-corrected chi connectivity index (χ1v) is 11.0. The van der Waals surface area contributed by atoms with E-state index in [2.05, 4.69) is 0 Å². The van der Waals surface area contributed by atoms with Crippen molar-refractivity contribution in [2.45, 2.75) is 32.4 Å². The quantitative estimate of drug-likeness (QED) is 0.248. The van der Waals surface area contributed by atoms with Crippen LogP contribution in [0, 0.1) is 0 Å². The molecule has 1 amide bonds. The third-order valence-electron chi connectivity index (χ3n) is 5.39. The lowest BCUT2D eigenvalue weighted by Gasteiger charge is -2.26. The molecular weight excluding hydrogens is 446 g/mol. The second-order valence-corrected chi connectivity index (χ2v) is 8.26. The standard InChI is InChI=1S/C25H28ClNO6/c1-15(2)33-13-7-12-27-22(17-8-5-6-9-19(17)31-3)21(24(29)25(27)30)23(28)16-10-11-20(32-4)18(26)14-16/h5-6,8-11,14-15,22,28H,7,12-13H2,1-4H3/b23-21+. The molecule has 7 nitrogen and oxygen atoms in total. The van der Waals surface area contributed by atoms with Gasteiger partial charge in [0.05, 0.1) is 37.0 Å². The Bertz CT molecular complexity index is 1060. The molecule has 176 valence electrons.